The molecule has 4 aliphatic heterocycles. The fraction of sp³-hybridized carbons (Fsp3) is 0.564. The van der Waals surface area contributed by atoms with E-state index in [-0.39, 0.29) is 13.1 Å². The first-order valence-corrected chi connectivity index (χ1v) is 25.8. The quantitative estimate of drug-likeness (QED) is 0.123. The summed E-state index contributed by atoms with van der Waals surface area (Å²) < 4.78 is 91.8. The Balaban J connectivity index is 0.000000214. The SMILES string of the molecule is CCCN1CCC(N(CC)c2ncc(C)cc2CN2C(=O)O[C@H](c3cc(C)cc(C(F)(F)F)c3)[C@@H]2C)CC1.CCN(c1ncc(C)cc1CN1C(=O)O[C@H](c2cc(C)cc(C(F)(F)F)c2)[C@@H]1C)C1CCNCC1. The summed E-state index contributed by atoms with van der Waals surface area (Å²) in [5.74, 6) is 1.72. The number of piperidine rings is 2. The molecule has 4 saturated heterocycles. The summed E-state index contributed by atoms with van der Waals surface area (Å²) in [5, 5.41) is 3.39. The van der Waals surface area contributed by atoms with Gasteiger partial charge in [0.2, 0.25) is 0 Å². The van der Waals surface area contributed by atoms with Crippen LogP contribution in [0.5, 0.6) is 0 Å². The van der Waals surface area contributed by atoms with Crippen molar-refractivity contribution in [2.24, 2.45) is 0 Å². The van der Waals surface area contributed by atoms with Crippen molar-refractivity contribution in [1.82, 2.24) is 30.0 Å². The number of rotatable bonds is 14. The van der Waals surface area contributed by atoms with Crippen LogP contribution in [-0.4, -0.2) is 107 Å². The molecule has 1 N–H and O–H groups in total. The van der Waals surface area contributed by atoms with Crippen LogP contribution in [0.2, 0.25) is 0 Å². The number of cyclic esters (lactones) is 2. The number of anilines is 2. The van der Waals surface area contributed by atoms with Crippen molar-refractivity contribution in [1.29, 1.82) is 0 Å². The number of aryl methyl sites for hydroxylation is 4. The number of nitrogens with zero attached hydrogens (tertiary/aromatic N) is 7. The minimum absolute atomic E-state index is 0.278. The summed E-state index contributed by atoms with van der Waals surface area (Å²) in [4.78, 5) is 45.8. The summed E-state index contributed by atoms with van der Waals surface area (Å²) in [6, 6.07) is 11.7. The van der Waals surface area contributed by atoms with E-state index in [1.165, 1.54) is 0 Å². The Hall–Kier alpha value is -5.62. The second-order valence-corrected chi connectivity index (χ2v) is 20.2. The van der Waals surface area contributed by atoms with Crippen molar-refractivity contribution in [3.63, 3.8) is 0 Å². The third-order valence-corrected chi connectivity index (χ3v) is 14.6. The van der Waals surface area contributed by atoms with Gasteiger partial charge < -0.3 is 29.5 Å². The third kappa shape index (κ3) is 13.0. The second-order valence-electron chi connectivity index (χ2n) is 20.2. The van der Waals surface area contributed by atoms with E-state index in [4.69, 9.17) is 19.4 Å². The van der Waals surface area contributed by atoms with Gasteiger partial charge in [-0.3, -0.25) is 9.80 Å². The Labute approximate surface area is 426 Å². The smallest absolute Gasteiger partial charge is 0.416 e. The zero-order valence-electron chi connectivity index (χ0n) is 43.7. The van der Waals surface area contributed by atoms with Gasteiger partial charge in [-0.15, -0.1) is 0 Å². The molecule has 0 bridgehead atoms. The standard InChI is InChI=1S/C29H39F3N4O2.C26H33F3N4O2/c1-6-10-34-11-8-25(9-12-34)35(7-2)27-23(14-20(4)17-33-27)18-36-21(5)26(38-28(36)37)22-13-19(3)15-24(16-22)29(30,31)32;1-5-32(22-6-8-30-9-7-22)24-20(11-17(3)14-31-24)15-33-18(4)23(35-25(33)34)19-10-16(2)12-21(13-19)26(27,28)29/h13-17,21,25-26H,6-12,18H2,1-5H3;10-14,18,22-23,30H,5-9,15H2,1-4H3/t21-,26-;18-,23-/m00/s1. The number of likely N-dealkylation sites (tertiary alicyclic amines) is 1. The van der Waals surface area contributed by atoms with E-state index in [2.05, 4.69) is 46.9 Å². The summed E-state index contributed by atoms with van der Waals surface area (Å²) in [5.41, 5.74) is 4.00. The van der Waals surface area contributed by atoms with Crippen LogP contribution in [0, 0.1) is 27.7 Å². The molecular weight excluding hydrogens is 951 g/mol. The van der Waals surface area contributed by atoms with Crippen LogP contribution in [0.25, 0.3) is 0 Å². The average Bonchev–Trinajstić information content (AvgIpc) is 3.78. The molecule has 8 rings (SSSR count). The molecule has 6 heterocycles. The van der Waals surface area contributed by atoms with Gasteiger partial charge in [-0.2, -0.15) is 26.3 Å². The number of hydrogen-bond donors (Lipinski definition) is 1. The van der Waals surface area contributed by atoms with Gasteiger partial charge >= 0.3 is 24.5 Å². The van der Waals surface area contributed by atoms with Crippen molar-refractivity contribution in [2.45, 2.75) is 156 Å². The van der Waals surface area contributed by atoms with Crippen molar-refractivity contribution in [3.05, 3.63) is 117 Å². The number of nitrogens with one attached hydrogen (secondary N) is 1. The van der Waals surface area contributed by atoms with E-state index in [0.29, 0.717) is 34.3 Å². The van der Waals surface area contributed by atoms with Crippen LogP contribution in [0.15, 0.2) is 60.9 Å². The summed E-state index contributed by atoms with van der Waals surface area (Å²) in [6.07, 6.45) is -2.57. The predicted molar refractivity (Wildman–Crippen MR) is 270 cm³/mol. The predicted octanol–water partition coefficient (Wildman–Crippen LogP) is 11.9. The lowest BCUT2D eigenvalue weighted by atomic mass is 9.98. The average molecular weight is 1020 g/mol. The van der Waals surface area contributed by atoms with Crippen LogP contribution >= 0.6 is 0 Å². The van der Waals surface area contributed by atoms with Crippen LogP contribution in [0.3, 0.4) is 0 Å². The first kappa shape index (κ1) is 55.1. The maximum absolute atomic E-state index is 13.4. The maximum Gasteiger partial charge on any atom is 0.416 e. The van der Waals surface area contributed by atoms with Crippen LogP contribution < -0.4 is 15.1 Å². The molecule has 73 heavy (non-hydrogen) atoms. The van der Waals surface area contributed by atoms with Gasteiger partial charge in [0, 0.05) is 61.8 Å². The minimum atomic E-state index is -4.47. The number of amides is 2. The highest BCUT2D eigenvalue weighted by atomic mass is 19.4. The lowest BCUT2D eigenvalue weighted by molar-refractivity contribution is -0.138. The molecular formula is C55H72F6N8O4. The largest absolute Gasteiger partial charge is 0.439 e. The van der Waals surface area contributed by atoms with Gasteiger partial charge in [0.25, 0.3) is 0 Å². The van der Waals surface area contributed by atoms with Crippen LogP contribution in [0.4, 0.5) is 47.6 Å². The monoisotopic (exact) mass is 1020 g/mol. The van der Waals surface area contributed by atoms with Gasteiger partial charge in [-0.25, -0.2) is 19.6 Å². The minimum Gasteiger partial charge on any atom is -0.439 e. The fourth-order valence-electron chi connectivity index (χ4n) is 11.0. The number of halogens is 6. The number of carbonyl (C=O) groups excluding carboxylic acids is 2. The molecule has 0 radical (unpaired) electrons. The Bertz CT molecular complexity index is 2550. The Morgan fingerprint density at radius 2 is 1.01 bits per heavy atom. The molecule has 18 heteroatoms. The highest BCUT2D eigenvalue weighted by Crippen LogP contribution is 2.41. The zero-order chi connectivity index (χ0) is 52.9. The zero-order valence-corrected chi connectivity index (χ0v) is 43.7. The molecule has 0 aliphatic carbocycles. The number of carbonyl (C=O) groups is 2. The second kappa shape index (κ2) is 23.3. The van der Waals surface area contributed by atoms with Crippen molar-refractivity contribution >= 4 is 23.8 Å². The van der Waals surface area contributed by atoms with E-state index < -0.39 is 60.0 Å². The summed E-state index contributed by atoms with van der Waals surface area (Å²) >= 11 is 0. The molecule has 4 aromatic rings. The van der Waals surface area contributed by atoms with Gasteiger partial charge in [0.15, 0.2) is 0 Å². The number of alkyl halides is 6. The highest BCUT2D eigenvalue weighted by Gasteiger charge is 2.44. The number of ether oxygens (including phenoxy) is 2. The normalized spacial score (nSPS) is 21.2. The lowest BCUT2D eigenvalue weighted by Crippen LogP contribution is -2.46. The van der Waals surface area contributed by atoms with Gasteiger partial charge in [-0.1, -0.05) is 30.2 Å². The summed E-state index contributed by atoms with van der Waals surface area (Å²) in [7, 11) is 0. The van der Waals surface area contributed by atoms with E-state index in [0.717, 1.165) is 136 Å². The Morgan fingerprint density at radius 3 is 1.40 bits per heavy atom. The molecule has 4 atom stereocenters. The lowest BCUT2D eigenvalue weighted by Gasteiger charge is -2.39. The molecule has 0 unspecified atom stereocenters. The van der Waals surface area contributed by atoms with E-state index >= 15 is 0 Å². The molecule has 12 nitrogen and oxygen atoms in total. The number of aromatic nitrogens is 2. The number of pyridine rings is 2. The van der Waals surface area contributed by atoms with Gasteiger partial charge in [0.05, 0.1) is 36.3 Å². The van der Waals surface area contributed by atoms with Crippen LogP contribution in [-0.2, 0) is 34.9 Å². The molecule has 2 aromatic heterocycles. The van der Waals surface area contributed by atoms with Crippen LogP contribution in [0.1, 0.15) is 135 Å². The molecule has 398 valence electrons. The van der Waals surface area contributed by atoms with Gasteiger partial charge in [0.1, 0.15) is 23.8 Å². The number of benzene rings is 2. The number of hydrogen-bond acceptors (Lipinski definition) is 10. The fourth-order valence-corrected chi connectivity index (χ4v) is 11.0. The van der Waals surface area contributed by atoms with E-state index in [9.17, 15) is 35.9 Å². The van der Waals surface area contributed by atoms with Crippen molar-refractivity contribution in [3.8, 4) is 0 Å². The van der Waals surface area contributed by atoms with Gasteiger partial charge in [-0.05, 0) is 166 Å². The molecule has 0 spiro atoms. The Morgan fingerprint density at radius 1 is 0.603 bits per heavy atom. The first-order valence-electron chi connectivity index (χ1n) is 25.8. The van der Waals surface area contributed by atoms with E-state index in [1.54, 1.807) is 35.8 Å². The Kier molecular flexibility index (Phi) is 17.6. The highest BCUT2D eigenvalue weighted by molar-refractivity contribution is 5.72. The molecule has 4 fully saturated rings. The van der Waals surface area contributed by atoms with Crippen molar-refractivity contribution < 1.29 is 45.4 Å². The maximum atomic E-state index is 13.4. The third-order valence-electron chi connectivity index (χ3n) is 14.6. The molecule has 2 amide bonds. The molecule has 0 saturated carbocycles. The van der Waals surface area contributed by atoms with Crippen molar-refractivity contribution in [2.75, 3.05) is 55.6 Å². The van der Waals surface area contributed by atoms with E-state index in [1.807, 2.05) is 46.2 Å². The topological polar surface area (TPSA) is 107 Å². The molecule has 2 aromatic carbocycles. The summed E-state index contributed by atoms with van der Waals surface area (Å²) in [6.45, 7) is 24.5. The molecule has 4 aliphatic rings. The first-order chi connectivity index (χ1) is 34.6.